The lowest BCUT2D eigenvalue weighted by Crippen LogP contribution is -2.03. The third-order valence-electron chi connectivity index (χ3n) is 2.76. The van der Waals surface area contributed by atoms with E-state index in [2.05, 4.69) is 0 Å². The van der Waals surface area contributed by atoms with E-state index in [1.807, 2.05) is 0 Å². The van der Waals surface area contributed by atoms with E-state index in [1.54, 1.807) is 24.3 Å². The van der Waals surface area contributed by atoms with Crippen molar-refractivity contribution < 1.29 is 19.8 Å². The molecule has 0 radical (unpaired) electrons. The van der Waals surface area contributed by atoms with Crippen molar-refractivity contribution in [2.45, 2.75) is 6.42 Å². The van der Waals surface area contributed by atoms with Crippen LogP contribution in [0, 0.1) is 0 Å². The summed E-state index contributed by atoms with van der Waals surface area (Å²) in [5.41, 5.74) is 1.46. The van der Waals surface area contributed by atoms with Crippen molar-refractivity contribution in [3.63, 3.8) is 0 Å². The van der Waals surface area contributed by atoms with Gasteiger partial charge in [-0.25, -0.2) is 0 Å². The van der Waals surface area contributed by atoms with Gasteiger partial charge in [-0.3, -0.25) is 9.59 Å². The highest BCUT2D eigenvalue weighted by atomic mass is 16.3. The molecule has 2 aromatic carbocycles. The fraction of sp³-hybridized carbons (Fsp3) is 0.0667. The molecule has 2 N–H and O–H groups in total. The molecular formula is C15H12O4. The van der Waals surface area contributed by atoms with E-state index in [4.69, 9.17) is 5.11 Å². The zero-order valence-corrected chi connectivity index (χ0v) is 10.0. The van der Waals surface area contributed by atoms with Crippen LogP contribution in [0.1, 0.15) is 26.3 Å². The molecule has 0 bridgehead atoms. The molecule has 0 unspecified atom stereocenters. The molecule has 0 amide bonds. The zero-order chi connectivity index (χ0) is 13.8. The van der Waals surface area contributed by atoms with Crippen LogP contribution in [0.25, 0.3) is 0 Å². The smallest absolute Gasteiger partial charge is 0.170 e. The highest BCUT2D eigenvalue weighted by Crippen LogP contribution is 2.23. The van der Waals surface area contributed by atoms with Gasteiger partial charge in [0.05, 0.1) is 5.56 Å². The summed E-state index contributed by atoms with van der Waals surface area (Å²) in [4.78, 5) is 22.5. The number of carbonyl (C=O) groups is 2. The molecule has 2 rings (SSSR count). The first-order chi connectivity index (χ1) is 9.10. The second-order valence-corrected chi connectivity index (χ2v) is 4.16. The Morgan fingerprint density at radius 2 is 1.74 bits per heavy atom. The molecule has 96 valence electrons. The summed E-state index contributed by atoms with van der Waals surface area (Å²) >= 11 is 0. The lowest BCUT2D eigenvalue weighted by atomic mass is 10.0. The second kappa shape index (κ2) is 5.35. The largest absolute Gasteiger partial charge is 0.508 e. The van der Waals surface area contributed by atoms with Gasteiger partial charge in [0.15, 0.2) is 5.78 Å². The summed E-state index contributed by atoms with van der Waals surface area (Å²) in [7, 11) is 0. The van der Waals surface area contributed by atoms with Crippen molar-refractivity contribution in [2.75, 3.05) is 0 Å². The minimum atomic E-state index is -0.253. The maximum Gasteiger partial charge on any atom is 0.170 e. The topological polar surface area (TPSA) is 74.6 Å². The molecule has 0 saturated carbocycles. The van der Waals surface area contributed by atoms with E-state index in [1.165, 1.54) is 12.1 Å². The van der Waals surface area contributed by atoms with Gasteiger partial charge in [0.1, 0.15) is 17.8 Å². The molecule has 4 nitrogen and oxygen atoms in total. The zero-order valence-electron chi connectivity index (χ0n) is 10.0. The third kappa shape index (κ3) is 2.98. The number of carbonyl (C=O) groups excluding carboxylic acids is 2. The van der Waals surface area contributed by atoms with Crippen molar-refractivity contribution in [3.05, 3.63) is 59.2 Å². The lowest BCUT2D eigenvalue weighted by Gasteiger charge is -2.05. The third-order valence-corrected chi connectivity index (χ3v) is 2.76. The van der Waals surface area contributed by atoms with Gasteiger partial charge in [-0.05, 0) is 17.7 Å². The van der Waals surface area contributed by atoms with Gasteiger partial charge in [-0.2, -0.15) is 0 Å². The summed E-state index contributed by atoms with van der Waals surface area (Å²) in [6.07, 6.45) is 0.856. The number of phenolic OH excluding ortho intramolecular Hbond substituents is 2. The number of ketones is 1. The van der Waals surface area contributed by atoms with Crippen LogP contribution in [-0.4, -0.2) is 22.3 Å². The van der Waals surface area contributed by atoms with Gasteiger partial charge in [0, 0.05) is 18.1 Å². The van der Waals surface area contributed by atoms with Crippen LogP contribution in [-0.2, 0) is 6.42 Å². The van der Waals surface area contributed by atoms with Crippen molar-refractivity contribution in [2.24, 2.45) is 0 Å². The Morgan fingerprint density at radius 1 is 1.05 bits per heavy atom. The van der Waals surface area contributed by atoms with Crippen LogP contribution in [0.2, 0.25) is 0 Å². The van der Waals surface area contributed by atoms with Crippen LogP contribution < -0.4 is 0 Å². The van der Waals surface area contributed by atoms with Gasteiger partial charge < -0.3 is 10.2 Å². The van der Waals surface area contributed by atoms with E-state index in [-0.39, 0.29) is 29.3 Å². The normalized spacial score (nSPS) is 10.1. The summed E-state index contributed by atoms with van der Waals surface area (Å²) in [5, 5.41) is 18.8. The molecule has 0 heterocycles. The molecule has 0 aliphatic carbocycles. The number of aromatic hydroxyl groups is 2. The number of Topliss-reactive ketones (excluding diaryl/α,β-unsaturated/α-hetero) is 1. The van der Waals surface area contributed by atoms with E-state index >= 15 is 0 Å². The van der Waals surface area contributed by atoms with Crippen molar-refractivity contribution in [1.29, 1.82) is 0 Å². The number of hydrogen-bond donors (Lipinski definition) is 2. The molecule has 0 aliphatic heterocycles. The summed E-state index contributed by atoms with van der Waals surface area (Å²) in [6.45, 7) is 0. The molecule has 19 heavy (non-hydrogen) atoms. The molecule has 4 heteroatoms. The van der Waals surface area contributed by atoms with E-state index < -0.39 is 0 Å². The van der Waals surface area contributed by atoms with Crippen molar-refractivity contribution in [3.8, 4) is 11.5 Å². The molecule has 0 atom stereocenters. The maximum atomic E-state index is 12.0. The summed E-state index contributed by atoms with van der Waals surface area (Å²) in [6, 6.07) is 10.5. The number of phenols is 2. The minimum absolute atomic E-state index is 0.0932. The quantitative estimate of drug-likeness (QED) is 0.650. The maximum absolute atomic E-state index is 12.0. The number of aldehydes is 1. The van der Waals surface area contributed by atoms with Crippen molar-refractivity contribution >= 4 is 12.1 Å². The fourth-order valence-electron chi connectivity index (χ4n) is 1.75. The molecule has 0 aromatic heterocycles. The predicted molar refractivity (Wildman–Crippen MR) is 69.6 cm³/mol. The first kappa shape index (κ1) is 12.8. The standard InChI is InChI=1S/C15H12O4/c16-9-11-3-1-10(2-4-11)7-14(18)13-6-5-12(17)8-15(13)19/h1-6,8-9,17,19H,7H2. The Morgan fingerprint density at radius 3 is 2.32 bits per heavy atom. The van der Waals surface area contributed by atoms with Crippen LogP contribution in [0.5, 0.6) is 11.5 Å². The first-order valence-corrected chi connectivity index (χ1v) is 5.69. The summed E-state index contributed by atoms with van der Waals surface area (Å²) in [5.74, 6) is -0.588. The van der Waals surface area contributed by atoms with Gasteiger partial charge in [0.25, 0.3) is 0 Å². The second-order valence-electron chi connectivity index (χ2n) is 4.16. The average molecular weight is 256 g/mol. The summed E-state index contributed by atoms with van der Waals surface area (Å²) < 4.78 is 0. The monoisotopic (exact) mass is 256 g/mol. The van der Waals surface area contributed by atoms with Crippen LogP contribution in [0.4, 0.5) is 0 Å². The number of hydrogen-bond acceptors (Lipinski definition) is 4. The minimum Gasteiger partial charge on any atom is -0.508 e. The fourth-order valence-corrected chi connectivity index (χ4v) is 1.75. The Labute approximate surface area is 109 Å². The lowest BCUT2D eigenvalue weighted by molar-refractivity contribution is 0.0990. The molecule has 0 aliphatic rings. The van der Waals surface area contributed by atoms with Gasteiger partial charge in [-0.1, -0.05) is 24.3 Å². The number of rotatable bonds is 4. The van der Waals surface area contributed by atoms with E-state index in [0.29, 0.717) is 5.56 Å². The van der Waals surface area contributed by atoms with Gasteiger partial charge >= 0.3 is 0 Å². The number of benzene rings is 2. The molecule has 0 spiro atoms. The predicted octanol–water partition coefficient (Wildman–Crippen LogP) is 2.34. The SMILES string of the molecule is O=Cc1ccc(CC(=O)c2ccc(O)cc2O)cc1. The highest BCUT2D eigenvalue weighted by molar-refractivity contribution is 6.00. The van der Waals surface area contributed by atoms with Crippen LogP contribution in [0.3, 0.4) is 0 Å². The van der Waals surface area contributed by atoms with Gasteiger partial charge in [0.2, 0.25) is 0 Å². The molecule has 0 fully saturated rings. The van der Waals surface area contributed by atoms with Crippen molar-refractivity contribution in [1.82, 2.24) is 0 Å². The first-order valence-electron chi connectivity index (χ1n) is 5.69. The Hall–Kier alpha value is -2.62. The highest BCUT2D eigenvalue weighted by Gasteiger charge is 2.12. The molecule has 0 saturated heterocycles. The average Bonchev–Trinajstić information content (AvgIpc) is 2.39. The molecule has 2 aromatic rings. The van der Waals surface area contributed by atoms with Crippen LogP contribution in [0.15, 0.2) is 42.5 Å². The Balaban J connectivity index is 2.18. The Kier molecular flexibility index (Phi) is 3.61. The Bertz CT molecular complexity index is 615. The van der Waals surface area contributed by atoms with Gasteiger partial charge in [-0.15, -0.1) is 0 Å². The van der Waals surface area contributed by atoms with E-state index in [0.717, 1.165) is 17.9 Å². The van der Waals surface area contributed by atoms with Crippen LogP contribution >= 0.6 is 0 Å². The molecular weight excluding hydrogens is 244 g/mol. The van der Waals surface area contributed by atoms with E-state index in [9.17, 15) is 14.7 Å².